The van der Waals surface area contributed by atoms with Gasteiger partial charge in [-0.3, -0.25) is 44.0 Å². The summed E-state index contributed by atoms with van der Waals surface area (Å²) in [4.78, 5) is 145. The lowest BCUT2D eigenvalue weighted by Crippen LogP contribution is -2.56. The highest BCUT2D eigenvalue weighted by molar-refractivity contribution is 5.80. The molecule has 1 atom stereocenters. The number of aliphatic hydroxyl groups excluding tert-OH is 1. The Labute approximate surface area is 861 Å². The second-order valence-electron chi connectivity index (χ2n) is 44.7. The van der Waals surface area contributed by atoms with Gasteiger partial charge in [0, 0.05) is 375 Å². The predicted molar refractivity (Wildman–Crippen MR) is 555 cm³/mol. The van der Waals surface area contributed by atoms with Crippen LogP contribution >= 0.6 is 0 Å². The fourth-order valence-electron chi connectivity index (χ4n) is 21.4. The molecule has 0 aliphatic carbocycles. The van der Waals surface area contributed by atoms with Crippen molar-refractivity contribution < 1.29 is 79.3 Å². The van der Waals surface area contributed by atoms with Gasteiger partial charge in [0.2, 0.25) is 5.91 Å². The summed E-state index contributed by atoms with van der Waals surface area (Å²) in [6, 6.07) is 4.83. The van der Waals surface area contributed by atoms with Gasteiger partial charge in [-0.1, -0.05) is 6.92 Å². The normalized spacial score (nSPS) is 24.4. The zero-order valence-electron chi connectivity index (χ0n) is 91.8. The number of piperidine rings is 6. The number of aliphatic hydroxyl groups is 1. The lowest BCUT2D eigenvalue weighted by atomic mass is 9.98. The van der Waals surface area contributed by atoms with Crippen LogP contribution in [0.3, 0.4) is 0 Å². The zero-order chi connectivity index (χ0) is 105. The molecule has 0 aromatic heterocycles. The Kier molecular flexibility index (Phi) is 50.9. The van der Waals surface area contributed by atoms with Crippen molar-refractivity contribution in [3.63, 3.8) is 0 Å². The van der Waals surface area contributed by atoms with Gasteiger partial charge in [-0.15, -0.1) is 0 Å². The number of hydrogen-bond acceptors (Lipinski definition) is 19. The molecule has 34 nitrogen and oxygen atoms in total. The fourth-order valence-corrected chi connectivity index (χ4v) is 21.4. The Hall–Kier alpha value is -6.50. The number of alkyl halides is 6. The molecular weight excluding hydrogens is 1860 g/mol. The van der Waals surface area contributed by atoms with Crippen molar-refractivity contribution in [2.75, 3.05) is 327 Å². The van der Waals surface area contributed by atoms with Gasteiger partial charge in [-0.25, -0.2) is 59.9 Å². The first-order chi connectivity index (χ1) is 68.4. The number of amides is 15. The standard InChI is InChI=1S/C14H27N3O.2C13H23F2N3O.2C13H24FN3O.C13H25N3O2.C13H24N2O2.C12H23N3O2/c1-12(2)15-8-10-17(11-9-15)14(18)16-6-4-13(3)5-7-16;1-11(2)16-7-9-18(10-8-16)12(19)17-5-3-13(14,15)4-6-17;1-11(2)16-6-8-17(9-7-16)12(19)18-5-3-4-13(14,15)10-18;1-11(2)15-7-9-17(10-8-15)13(18)16-5-3-12(14)4-6-16;1-11(2)15-6-8-16(9-7-15)13(18)17-5-3-4-12(14)10-17;1-11(2)14-7-9-16(10-8-14)13(18)15-5-3-12(17)4-6-15;1-11(2)14-5-7-15(8-6-14)13(16)12-3-9-17-10-4-12;1-11(2)13-3-5-14(6-4-13)12(16)15-7-9-17-10-8-15/h12-13H,4-11H2,1-3H3;2*11H,3-10H2,1-2H3;2*11-12H,3-10H2,1-2H3;11-12,17H,3-10H2,1-2H3;11-12H,3-10H2,1-2H3;11H,3-10H2,1-2H3. The van der Waals surface area contributed by atoms with Crippen molar-refractivity contribution in [1.82, 2.24) is 113 Å². The van der Waals surface area contributed by atoms with Crippen LogP contribution in [0.2, 0.25) is 0 Å². The van der Waals surface area contributed by atoms with E-state index in [9.17, 15) is 69.8 Å². The number of carbonyl (C=O) groups is 8. The second-order valence-corrected chi connectivity index (χ2v) is 44.7. The molecule has 832 valence electrons. The molecule has 0 radical (unpaired) electrons. The van der Waals surface area contributed by atoms with Crippen LogP contribution in [0.1, 0.15) is 208 Å². The average molecular weight is 2060 g/mol. The van der Waals surface area contributed by atoms with E-state index in [1.165, 1.54) is 4.90 Å². The maximum atomic E-state index is 13.3. The molecule has 0 bridgehead atoms. The largest absolute Gasteiger partial charge is 0.393 e. The number of nitrogens with zero attached hydrogens (tertiary/aromatic N) is 23. The van der Waals surface area contributed by atoms with Gasteiger partial charge in [0.1, 0.15) is 12.3 Å². The highest BCUT2D eigenvalue weighted by Gasteiger charge is 2.43. The van der Waals surface area contributed by atoms with Crippen LogP contribution in [0.15, 0.2) is 0 Å². The highest BCUT2D eigenvalue weighted by Crippen LogP contribution is 2.32. The summed E-state index contributed by atoms with van der Waals surface area (Å²) in [6.45, 7) is 75.3. The molecule has 16 aliphatic heterocycles. The number of rotatable bonds is 9. The SMILES string of the molecule is CC(C)N1CCN(C(=O)C2CCOCC2)CC1.CC(C)N1CCN(C(=O)N2CCC(F)(F)CC2)CC1.CC(C)N1CCN(C(=O)N2CCC(F)CC2)CC1.CC(C)N1CCN(C(=O)N2CCC(O)CC2)CC1.CC(C)N1CCN(C(=O)N2CCCC(F)(F)C2)CC1.CC(C)N1CCN(C(=O)N2CCCC(F)C2)CC1.CC(C)N1CCN(C(=O)N2CCOCC2)CC1.CC1CCN(C(=O)N2CCN(C(C)C)CC2)CC1. The average Bonchev–Trinajstić information content (AvgIpc) is 0.857. The van der Waals surface area contributed by atoms with E-state index in [1.54, 1.807) is 24.5 Å². The number of likely N-dealkylation sites (tertiary alicyclic amines) is 6. The first kappa shape index (κ1) is 121. The smallest absolute Gasteiger partial charge is 0.320 e. The van der Waals surface area contributed by atoms with E-state index in [4.69, 9.17) is 9.47 Å². The molecule has 16 rings (SSSR count). The number of carbonyl (C=O) groups excluding carboxylic acids is 8. The lowest BCUT2D eigenvalue weighted by molar-refractivity contribution is -0.140. The van der Waals surface area contributed by atoms with E-state index in [0.717, 1.165) is 274 Å². The summed E-state index contributed by atoms with van der Waals surface area (Å²) < 4.78 is 89.7. The maximum absolute atomic E-state index is 13.3. The molecule has 16 aliphatic rings. The Morgan fingerprint density at radius 1 is 0.243 bits per heavy atom. The summed E-state index contributed by atoms with van der Waals surface area (Å²) in [6.07, 6.45) is 6.09. The monoisotopic (exact) mass is 2050 g/mol. The lowest BCUT2D eigenvalue weighted by Gasteiger charge is -2.41. The van der Waals surface area contributed by atoms with E-state index in [1.807, 2.05) is 39.2 Å². The summed E-state index contributed by atoms with van der Waals surface area (Å²) in [5.41, 5.74) is 0. The number of hydrogen-bond donors (Lipinski definition) is 1. The van der Waals surface area contributed by atoms with Crippen LogP contribution in [-0.4, -0.2) is 572 Å². The molecule has 1 unspecified atom stereocenters. The van der Waals surface area contributed by atoms with Gasteiger partial charge in [0.15, 0.2) is 0 Å². The topological polar surface area (TPSA) is 250 Å². The molecule has 0 aromatic carbocycles. The zero-order valence-corrected chi connectivity index (χ0v) is 91.8. The predicted octanol–water partition coefficient (Wildman–Crippen LogP) is 10.7. The number of halogens is 6. The van der Waals surface area contributed by atoms with E-state index in [-0.39, 0.29) is 93.1 Å². The first-order valence-electron chi connectivity index (χ1n) is 55.8. The Bertz CT molecular complexity index is 3500. The van der Waals surface area contributed by atoms with Crippen molar-refractivity contribution in [2.45, 2.75) is 286 Å². The molecule has 16 heterocycles. The van der Waals surface area contributed by atoms with Crippen molar-refractivity contribution in [2.24, 2.45) is 11.8 Å². The Morgan fingerprint density at radius 3 is 0.778 bits per heavy atom. The van der Waals surface area contributed by atoms with Crippen molar-refractivity contribution >= 4 is 48.1 Å². The van der Waals surface area contributed by atoms with Gasteiger partial charge < -0.3 is 88.1 Å². The number of ether oxygens (including phenoxy) is 2. The van der Waals surface area contributed by atoms with Gasteiger partial charge in [0.25, 0.3) is 11.8 Å². The third-order valence-corrected chi connectivity index (χ3v) is 32.0. The first-order valence-corrected chi connectivity index (χ1v) is 55.8. The summed E-state index contributed by atoms with van der Waals surface area (Å²) in [5.74, 6) is -3.95. The minimum absolute atomic E-state index is 0.0285. The molecule has 144 heavy (non-hydrogen) atoms. The Morgan fingerprint density at radius 2 is 0.486 bits per heavy atom. The molecule has 0 saturated carbocycles. The third kappa shape index (κ3) is 39.4. The molecule has 15 amide bonds. The molecule has 16 saturated heterocycles. The van der Waals surface area contributed by atoms with E-state index < -0.39 is 30.7 Å². The molecule has 40 heteroatoms. The Balaban J connectivity index is 0.000000183. The quantitative estimate of drug-likeness (QED) is 0.211. The summed E-state index contributed by atoms with van der Waals surface area (Å²) >= 11 is 0. The van der Waals surface area contributed by atoms with Gasteiger partial charge >= 0.3 is 42.2 Å². The van der Waals surface area contributed by atoms with Crippen LogP contribution in [0.4, 0.5) is 59.9 Å². The molecule has 16 fully saturated rings. The second kappa shape index (κ2) is 60.5. The third-order valence-electron chi connectivity index (χ3n) is 32.0. The van der Waals surface area contributed by atoms with Gasteiger partial charge in [-0.2, -0.15) is 0 Å². The van der Waals surface area contributed by atoms with Gasteiger partial charge in [-0.05, 0) is 187 Å². The molecule has 1 N–H and O–H groups in total. The number of morpholine rings is 1. The molecule has 0 aromatic rings. The van der Waals surface area contributed by atoms with Crippen LogP contribution in [0, 0.1) is 11.8 Å². The molecule has 0 spiro atoms. The maximum Gasteiger partial charge on any atom is 0.320 e. The summed E-state index contributed by atoms with van der Waals surface area (Å²) in [7, 11) is 0. The fraction of sp³-hybridized carbons (Fsp3) is 0.923. The summed E-state index contributed by atoms with van der Waals surface area (Å²) in [5, 5.41) is 9.46. The van der Waals surface area contributed by atoms with E-state index in [2.05, 4.69) is 162 Å². The van der Waals surface area contributed by atoms with Gasteiger partial charge in [0.05, 0.1) is 32.4 Å². The van der Waals surface area contributed by atoms with Crippen LogP contribution < -0.4 is 0 Å². The van der Waals surface area contributed by atoms with Crippen molar-refractivity contribution in [3.05, 3.63) is 0 Å². The van der Waals surface area contributed by atoms with Crippen molar-refractivity contribution in [3.8, 4) is 0 Å². The minimum atomic E-state index is -2.71. The number of urea groups is 7. The van der Waals surface area contributed by atoms with Crippen LogP contribution in [0.5, 0.6) is 0 Å². The number of piperazine rings is 8. The van der Waals surface area contributed by atoms with Crippen LogP contribution in [-0.2, 0) is 14.3 Å². The molecular formula is C104H193F6N23O11. The van der Waals surface area contributed by atoms with Crippen LogP contribution in [0.25, 0.3) is 0 Å². The van der Waals surface area contributed by atoms with Crippen molar-refractivity contribution in [1.29, 1.82) is 0 Å². The van der Waals surface area contributed by atoms with E-state index in [0.29, 0.717) is 159 Å². The highest BCUT2D eigenvalue weighted by atomic mass is 19.3. The van der Waals surface area contributed by atoms with E-state index >= 15 is 0 Å². The minimum Gasteiger partial charge on any atom is -0.393 e.